The molecule has 1 atom stereocenters. The second-order valence-corrected chi connectivity index (χ2v) is 4.91. The van der Waals surface area contributed by atoms with Crippen LogP contribution in [0.4, 0.5) is 0 Å². The van der Waals surface area contributed by atoms with Crippen molar-refractivity contribution in [2.75, 3.05) is 26.2 Å². The Morgan fingerprint density at radius 2 is 2.38 bits per heavy atom. The molecule has 114 valence electrons. The number of rotatable bonds is 5. The van der Waals surface area contributed by atoms with E-state index < -0.39 is 0 Å². The summed E-state index contributed by atoms with van der Waals surface area (Å²) in [6.45, 7) is 6.27. The predicted molar refractivity (Wildman–Crippen MR) is 72.1 cm³/mol. The van der Waals surface area contributed by atoms with E-state index in [-0.39, 0.29) is 6.10 Å². The second-order valence-electron chi connectivity index (χ2n) is 4.91. The van der Waals surface area contributed by atoms with Crippen LogP contribution in [0.3, 0.4) is 0 Å². The highest BCUT2D eigenvalue weighted by atomic mass is 16.5. The quantitative estimate of drug-likeness (QED) is 0.790. The normalized spacial score (nSPS) is 20.0. The summed E-state index contributed by atoms with van der Waals surface area (Å²) in [7, 11) is 0. The van der Waals surface area contributed by atoms with Gasteiger partial charge < -0.3 is 15.0 Å². The van der Waals surface area contributed by atoms with Gasteiger partial charge in [0.15, 0.2) is 0 Å². The second kappa shape index (κ2) is 6.29. The molecule has 1 saturated heterocycles. The highest BCUT2D eigenvalue weighted by Crippen LogP contribution is 2.19. The van der Waals surface area contributed by atoms with Gasteiger partial charge in [-0.1, -0.05) is 17.3 Å². The molecule has 1 fully saturated rings. The lowest BCUT2D eigenvalue weighted by molar-refractivity contribution is -0.0334. The summed E-state index contributed by atoms with van der Waals surface area (Å²) in [6.07, 6.45) is 1.63. The first-order chi connectivity index (χ1) is 10.3. The largest absolute Gasteiger partial charge is 0.367 e. The molecule has 1 unspecified atom stereocenters. The third-order valence-corrected chi connectivity index (χ3v) is 3.46. The Morgan fingerprint density at radius 1 is 1.48 bits per heavy atom. The van der Waals surface area contributed by atoms with Crippen LogP contribution in [0.2, 0.25) is 0 Å². The topological polar surface area (TPSA) is 108 Å². The van der Waals surface area contributed by atoms with E-state index in [1.807, 2.05) is 0 Å². The van der Waals surface area contributed by atoms with Crippen LogP contribution >= 0.6 is 0 Å². The minimum absolute atomic E-state index is 0.133. The van der Waals surface area contributed by atoms with Gasteiger partial charge in [0.1, 0.15) is 12.6 Å². The van der Waals surface area contributed by atoms with Crippen molar-refractivity contribution in [2.24, 2.45) is 5.73 Å². The van der Waals surface area contributed by atoms with Crippen molar-refractivity contribution < 1.29 is 9.26 Å². The van der Waals surface area contributed by atoms with Crippen LogP contribution in [0.5, 0.6) is 0 Å². The number of likely N-dealkylation sites (N-methyl/N-ethyl adjacent to an activating group) is 1. The minimum atomic E-state index is -0.133. The Bertz CT molecular complexity index is 582. The number of hydrogen-bond donors (Lipinski definition) is 1. The molecule has 2 N–H and O–H groups in total. The SMILES string of the molecule is CCN1CCOC(c2noc(Cn3cc(CN)nn3)n2)C1. The van der Waals surface area contributed by atoms with Crippen LogP contribution in [-0.4, -0.2) is 56.3 Å². The molecular weight excluding hydrogens is 274 g/mol. The zero-order valence-electron chi connectivity index (χ0n) is 12.0. The first-order valence-electron chi connectivity index (χ1n) is 7.04. The van der Waals surface area contributed by atoms with Gasteiger partial charge in [0.25, 0.3) is 0 Å². The molecule has 21 heavy (non-hydrogen) atoms. The highest BCUT2D eigenvalue weighted by Gasteiger charge is 2.25. The molecule has 2 aromatic rings. The van der Waals surface area contributed by atoms with E-state index in [1.54, 1.807) is 10.9 Å². The van der Waals surface area contributed by atoms with Crippen LogP contribution < -0.4 is 5.73 Å². The Kier molecular flexibility index (Phi) is 4.23. The number of hydrogen-bond acceptors (Lipinski definition) is 8. The highest BCUT2D eigenvalue weighted by molar-refractivity contribution is 4.96. The summed E-state index contributed by atoms with van der Waals surface area (Å²) in [5.74, 6) is 1.07. The first-order valence-corrected chi connectivity index (χ1v) is 7.04. The fraction of sp³-hybridized carbons (Fsp3) is 0.667. The molecule has 1 aliphatic rings. The number of nitrogens with zero attached hydrogens (tertiary/aromatic N) is 6. The van der Waals surface area contributed by atoms with E-state index in [0.717, 1.165) is 25.3 Å². The lowest BCUT2D eigenvalue weighted by Gasteiger charge is -2.30. The Labute approximate surface area is 122 Å². The van der Waals surface area contributed by atoms with Crippen molar-refractivity contribution in [3.05, 3.63) is 23.6 Å². The van der Waals surface area contributed by atoms with Gasteiger partial charge in [-0.3, -0.25) is 4.90 Å². The maximum Gasteiger partial charge on any atom is 0.248 e. The summed E-state index contributed by atoms with van der Waals surface area (Å²) in [4.78, 5) is 6.68. The van der Waals surface area contributed by atoms with Crippen LogP contribution in [0, 0.1) is 0 Å². The van der Waals surface area contributed by atoms with Gasteiger partial charge >= 0.3 is 0 Å². The zero-order chi connectivity index (χ0) is 14.7. The zero-order valence-corrected chi connectivity index (χ0v) is 12.0. The molecule has 0 aliphatic carbocycles. The third kappa shape index (κ3) is 3.26. The molecule has 0 saturated carbocycles. The standard InChI is InChI=1S/C12H19N7O2/c1-2-18-3-4-20-10(7-18)12-14-11(21-16-12)8-19-6-9(5-13)15-17-19/h6,10H,2-5,7-8,13H2,1H3. The van der Waals surface area contributed by atoms with Crippen LogP contribution in [0.25, 0.3) is 0 Å². The van der Waals surface area contributed by atoms with Crippen LogP contribution in [0.1, 0.15) is 30.4 Å². The molecule has 3 rings (SSSR count). The Balaban J connectivity index is 1.65. The smallest absolute Gasteiger partial charge is 0.248 e. The van der Waals surface area contributed by atoms with Crippen LogP contribution in [-0.2, 0) is 17.8 Å². The van der Waals surface area contributed by atoms with Gasteiger partial charge in [-0.25, -0.2) is 4.68 Å². The van der Waals surface area contributed by atoms with E-state index in [4.69, 9.17) is 15.0 Å². The van der Waals surface area contributed by atoms with E-state index in [9.17, 15) is 0 Å². The van der Waals surface area contributed by atoms with Crippen molar-refractivity contribution in [3.63, 3.8) is 0 Å². The number of morpholine rings is 1. The summed E-state index contributed by atoms with van der Waals surface area (Å²) < 4.78 is 12.6. The molecule has 0 spiro atoms. The van der Waals surface area contributed by atoms with Gasteiger partial charge in [-0.15, -0.1) is 5.10 Å². The molecule has 1 aliphatic heterocycles. The summed E-state index contributed by atoms with van der Waals surface area (Å²) in [5, 5.41) is 11.9. The fourth-order valence-corrected chi connectivity index (χ4v) is 2.26. The average Bonchev–Trinajstić information content (AvgIpc) is 3.17. The Morgan fingerprint density at radius 3 is 3.14 bits per heavy atom. The van der Waals surface area contributed by atoms with Gasteiger partial charge in [0.2, 0.25) is 11.7 Å². The number of nitrogens with two attached hydrogens (primary N) is 1. The van der Waals surface area contributed by atoms with Gasteiger partial charge in [0.05, 0.1) is 18.5 Å². The van der Waals surface area contributed by atoms with E-state index in [1.165, 1.54) is 0 Å². The molecule has 9 heteroatoms. The van der Waals surface area contributed by atoms with Gasteiger partial charge in [-0.2, -0.15) is 4.98 Å². The van der Waals surface area contributed by atoms with E-state index in [0.29, 0.717) is 31.4 Å². The van der Waals surface area contributed by atoms with Crippen molar-refractivity contribution in [1.29, 1.82) is 0 Å². The minimum Gasteiger partial charge on any atom is -0.367 e. The molecular formula is C12H19N7O2. The summed E-state index contributed by atoms with van der Waals surface area (Å²) in [5.41, 5.74) is 6.22. The van der Waals surface area contributed by atoms with E-state index in [2.05, 4.69) is 32.3 Å². The van der Waals surface area contributed by atoms with Crippen LogP contribution in [0.15, 0.2) is 10.7 Å². The molecule has 0 bridgehead atoms. The fourth-order valence-electron chi connectivity index (χ4n) is 2.26. The molecule has 0 radical (unpaired) electrons. The monoisotopic (exact) mass is 293 g/mol. The predicted octanol–water partition coefficient (Wildman–Crippen LogP) is -0.439. The first kappa shape index (κ1) is 14.1. The molecule has 0 aromatic carbocycles. The maximum atomic E-state index is 5.70. The van der Waals surface area contributed by atoms with Gasteiger partial charge in [0, 0.05) is 19.6 Å². The Hall–Kier alpha value is -1.84. The van der Waals surface area contributed by atoms with Crippen molar-refractivity contribution in [3.8, 4) is 0 Å². The lowest BCUT2D eigenvalue weighted by Crippen LogP contribution is -2.38. The summed E-state index contributed by atoms with van der Waals surface area (Å²) >= 11 is 0. The maximum absolute atomic E-state index is 5.70. The third-order valence-electron chi connectivity index (χ3n) is 3.46. The number of ether oxygens (including phenoxy) is 1. The molecule has 9 nitrogen and oxygen atoms in total. The molecule has 3 heterocycles. The molecule has 0 amide bonds. The van der Waals surface area contributed by atoms with Crippen molar-refractivity contribution in [2.45, 2.75) is 26.1 Å². The van der Waals surface area contributed by atoms with Crippen molar-refractivity contribution in [1.82, 2.24) is 30.0 Å². The van der Waals surface area contributed by atoms with E-state index >= 15 is 0 Å². The number of aromatic nitrogens is 5. The lowest BCUT2D eigenvalue weighted by atomic mass is 10.2. The van der Waals surface area contributed by atoms with Gasteiger partial charge in [-0.05, 0) is 6.54 Å². The average molecular weight is 293 g/mol. The molecule has 2 aromatic heterocycles. The van der Waals surface area contributed by atoms with Crippen molar-refractivity contribution >= 4 is 0 Å². The summed E-state index contributed by atoms with van der Waals surface area (Å²) in [6, 6.07) is 0.